The van der Waals surface area contributed by atoms with E-state index in [1.807, 2.05) is 27.9 Å². The molecule has 0 spiro atoms. The highest BCUT2D eigenvalue weighted by Gasteiger charge is 2.28. The Morgan fingerprint density at radius 1 is 1.32 bits per heavy atom. The molecule has 5 nitrogen and oxygen atoms in total. The molecule has 19 heavy (non-hydrogen) atoms. The maximum Gasteiger partial charge on any atom is 0.257 e. The van der Waals surface area contributed by atoms with Gasteiger partial charge in [-0.1, -0.05) is 0 Å². The lowest BCUT2D eigenvalue weighted by Crippen LogP contribution is -2.40. The standard InChI is InChI=1S/C14H21N3O2/c1-9-13(10(2)17(4)15-9)14(19)16(3)11-5-7-12(18)8-6-11/h11H,5-8H2,1-4H3. The van der Waals surface area contributed by atoms with Gasteiger partial charge < -0.3 is 4.90 Å². The largest absolute Gasteiger partial charge is 0.339 e. The lowest BCUT2D eigenvalue weighted by molar-refractivity contribution is -0.121. The summed E-state index contributed by atoms with van der Waals surface area (Å²) in [6.45, 7) is 3.77. The first-order valence-electron chi connectivity index (χ1n) is 6.71. The fraction of sp³-hybridized carbons (Fsp3) is 0.643. The molecule has 104 valence electrons. The predicted octanol–water partition coefficient (Wildman–Crippen LogP) is 1.62. The third kappa shape index (κ3) is 2.55. The van der Waals surface area contributed by atoms with Crippen molar-refractivity contribution in [3.8, 4) is 0 Å². The Morgan fingerprint density at radius 2 is 1.89 bits per heavy atom. The number of hydrogen-bond donors (Lipinski definition) is 0. The van der Waals surface area contributed by atoms with Crippen LogP contribution < -0.4 is 0 Å². The normalized spacial score (nSPS) is 16.7. The van der Waals surface area contributed by atoms with Gasteiger partial charge in [-0.2, -0.15) is 5.10 Å². The minimum absolute atomic E-state index is 0.0162. The van der Waals surface area contributed by atoms with Crippen LogP contribution >= 0.6 is 0 Å². The Kier molecular flexibility index (Phi) is 3.73. The van der Waals surface area contributed by atoms with Gasteiger partial charge >= 0.3 is 0 Å². The molecule has 0 unspecified atom stereocenters. The first kappa shape index (κ1) is 13.8. The summed E-state index contributed by atoms with van der Waals surface area (Å²) in [4.78, 5) is 25.6. The van der Waals surface area contributed by atoms with E-state index >= 15 is 0 Å². The van der Waals surface area contributed by atoms with E-state index in [2.05, 4.69) is 5.10 Å². The van der Waals surface area contributed by atoms with Crippen molar-refractivity contribution in [3.05, 3.63) is 17.0 Å². The number of carbonyl (C=O) groups excluding carboxylic acids is 2. The zero-order valence-corrected chi connectivity index (χ0v) is 12.1. The van der Waals surface area contributed by atoms with Gasteiger partial charge in [0.25, 0.3) is 5.91 Å². The van der Waals surface area contributed by atoms with Crippen LogP contribution in [0.5, 0.6) is 0 Å². The van der Waals surface area contributed by atoms with Gasteiger partial charge in [0.15, 0.2) is 0 Å². The molecule has 1 aromatic heterocycles. The van der Waals surface area contributed by atoms with Crippen molar-refractivity contribution in [2.45, 2.75) is 45.6 Å². The minimum atomic E-state index is 0.0162. The van der Waals surface area contributed by atoms with Gasteiger partial charge in [-0.15, -0.1) is 0 Å². The fourth-order valence-corrected chi connectivity index (χ4v) is 2.74. The van der Waals surface area contributed by atoms with Gasteiger partial charge in [0.2, 0.25) is 0 Å². The molecule has 0 atom stereocenters. The smallest absolute Gasteiger partial charge is 0.257 e. The number of aryl methyl sites for hydroxylation is 2. The molecule has 1 aliphatic rings. The lowest BCUT2D eigenvalue weighted by atomic mass is 9.93. The maximum atomic E-state index is 12.6. The Labute approximate surface area is 113 Å². The molecule has 0 aliphatic heterocycles. The van der Waals surface area contributed by atoms with Crippen molar-refractivity contribution in [2.75, 3.05) is 7.05 Å². The Hall–Kier alpha value is -1.65. The average molecular weight is 263 g/mol. The molecule has 0 aromatic carbocycles. The molecule has 2 rings (SSSR count). The number of amides is 1. The highest BCUT2D eigenvalue weighted by atomic mass is 16.2. The second kappa shape index (κ2) is 5.15. The zero-order valence-electron chi connectivity index (χ0n) is 12.1. The fourth-order valence-electron chi connectivity index (χ4n) is 2.74. The number of hydrogen-bond acceptors (Lipinski definition) is 3. The quantitative estimate of drug-likeness (QED) is 0.814. The van der Waals surface area contributed by atoms with Crippen LogP contribution in [0.15, 0.2) is 0 Å². The summed E-state index contributed by atoms with van der Waals surface area (Å²) < 4.78 is 1.74. The molecule has 1 heterocycles. The van der Waals surface area contributed by atoms with Crippen molar-refractivity contribution in [2.24, 2.45) is 7.05 Å². The number of aromatic nitrogens is 2. The Morgan fingerprint density at radius 3 is 2.37 bits per heavy atom. The first-order valence-corrected chi connectivity index (χ1v) is 6.71. The number of nitrogens with zero attached hydrogens (tertiary/aromatic N) is 3. The number of ketones is 1. The second-order valence-corrected chi connectivity index (χ2v) is 5.36. The van der Waals surface area contributed by atoms with Crippen molar-refractivity contribution >= 4 is 11.7 Å². The van der Waals surface area contributed by atoms with E-state index in [9.17, 15) is 9.59 Å². The third-order valence-corrected chi connectivity index (χ3v) is 4.10. The summed E-state index contributed by atoms with van der Waals surface area (Å²) >= 11 is 0. The highest BCUT2D eigenvalue weighted by molar-refractivity contribution is 5.96. The molecular weight excluding hydrogens is 242 g/mol. The Balaban J connectivity index is 2.17. The van der Waals surface area contributed by atoms with E-state index in [4.69, 9.17) is 0 Å². The topological polar surface area (TPSA) is 55.2 Å². The average Bonchev–Trinajstić information content (AvgIpc) is 2.62. The molecular formula is C14H21N3O2. The summed E-state index contributed by atoms with van der Waals surface area (Å²) in [6.07, 6.45) is 2.74. The molecule has 1 aromatic rings. The molecule has 1 saturated carbocycles. The van der Waals surface area contributed by atoms with E-state index in [1.165, 1.54) is 0 Å². The summed E-state index contributed by atoms with van der Waals surface area (Å²) in [7, 11) is 3.67. The zero-order chi connectivity index (χ0) is 14.2. The summed E-state index contributed by atoms with van der Waals surface area (Å²) in [6, 6.07) is 0.171. The molecule has 5 heteroatoms. The highest BCUT2D eigenvalue weighted by Crippen LogP contribution is 2.22. The van der Waals surface area contributed by atoms with Crippen molar-refractivity contribution in [1.29, 1.82) is 0 Å². The van der Waals surface area contributed by atoms with Crippen LogP contribution in [0.4, 0.5) is 0 Å². The van der Waals surface area contributed by atoms with Gasteiger partial charge in [0.05, 0.1) is 11.3 Å². The van der Waals surface area contributed by atoms with Crippen LogP contribution in [-0.2, 0) is 11.8 Å². The third-order valence-electron chi connectivity index (χ3n) is 4.10. The molecule has 0 N–H and O–H groups in total. The van der Waals surface area contributed by atoms with Crippen molar-refractivity contribution < 1.29 is 9.59 Å². The maximum absolute atomic E-state index is 12.6. The van der Waals surface area contributed by atoms with Crippen molar-refractivity contribution in [1.82, 2.24) is 14.7 Å². The molecule has 1 amide bonds. The van der Waals surface area contributed by atoms with Crippen LogP contribution in [0.2, 0.25) is 0 Å². The molecule has 0 bridgehead atoms. The summed E-state index contributed by atoms with van der Waals surface area (Å²) in [5.74, 6) is 0.327. The lowest BCUT2D eigenvalue weighted by Gasteiger charge is -2.30. The molecule has 0 saturated heterocycles. The summed E-state index contributed by atoms with van der Waals surface area (Å²) in [5.41, 5.74) is 2.35. The predicted molar refractivity (Wildman–Crippen MR) is 72.0 cm³/mol. The van der Waals surface area contributed by atoms with Gasteiger partial charge in [0, 0.05) is 38.7 Å². The SMILES string of the molecule is Cc1nn(C)c(C)c1C(=O)N(C)C1CCC(=O)CC1. The second-order valence-electron chi connectivity index (χ2n) is 5.36. The number of rotatable bonds is 2. The van der Waals surface area contributed by atoms with E-state index < -0.39 is 0 Å². The molecule has 1 aliphatic carbocycles. The molecule has 0 radical (unpaired) electrons. The van der Waals surface area contributed by atoms with Crippen LogP contribution in [0, 0.1) is 13.8 Å². The monoisotopic (exact) mass is 263 g/mol. The van der Waals surface area contributed by atoms with Crippen LogP contribution in [-0.4, -0.2) is 39.5 Å². The van der Waals surface area contributed by atoms with E-state index in [-0.39, 0.29) is 11.9 Å². The summed E-state index contributed by atoms with van der Waals surface area (Å²) in [5, 5.41) is 4.29. The van der Waals surface area contributed by atoms with Crippen LogP contribution in [0.25, 0.3) is 0 Å². The van der Waals surface area contributed by atoms with Crippen LogP contribution in [0.3, 0.4) is 0 Å². The van der Waals surface area contributed by atoms with E-state index in [1.54, 1.807) is 9.58 Å². The van der Waals surface area contributed by atoms with E-state index in [0.717, 1.165) is 24.2 Å². The first-order chi connectivity index (χ1) is 8.91. The minimum Gasteiger partial charge on any atom is -0.339 e. The number of Topliss-reactive ketones (excluding diaryl/α,β-unsaturated/α-hetero) is 1. The molecule has 1 fully saturated rings. The van der Waals surface area contributed by atoms with Gasteiger partial charge in [-0.25, -0.2) is 0 Å². The van der Waals surface area contributed by atoms with Crippen molar-refractivity contribution in [3.63, 3.8) is 0 Å². The van der Waals surface area contributed by atoms with Crippen LogP contribution in [0.1, 0.15) is 47.4 Å². The van der Waals surface area contributed by atoms with Gasteiger partial charge in [-0.3, -0.25) is 14.3 Å². The number of carbonyl (C=O) groups is 2. The van der Waals surface area contributed by atoms with E-state index in [0.29, 0.717) is 24.2 Å². The van der Waals surface area contributed by atoms with Gasteiger partial charge in [-0.05, 0) is 26.7 Å². The Bertz CT molecular complexity index is 509. The van der Waals surface area contributed by atoms with Gasteiger partial charge in [0.1, 0.15) is 5.78 Å².